The van der Waals surface area contributed by atoms with Crippen molar-refractivity contribution >= 4 is 19.0 Å². The summed E-state index contributed by atoms with van der Waals surface area (Å²) in [5, 5.41) is 0. The molecule has 1 unspecified atom stereocenters. The Kier molecular flexibility index (Phi) is 9.21. The van der Waals surface area contributed by atoms with Gasteiger partial charge in [0, 0.05) is 0 Å². The minimum atomic E-state index is -1.77. The fourth-order valence-electron chi connectivity index (χ4n) is 5.72. The Morgan fingerprint density at radius 3 is 2.65 bits per heavy atom. The van der Waals surface area contributed by atoms with Crippen LogP contribution < -0.4 is 0 Å². The summed E-state index contributed by atoms with van der Waals surface area (Å²) in [4.78, 5) is 22.7. The molecule has 5 nitrogen and oxygen atoms in total. The quantitative estimate of drug-likeness (QED) is 0.368. The third-order valence-corrected chi connectivity index (χ3v) is 13.5. The zero-order valence-corrected chi connectivity index (χ0v) is 23.7. The van der Waals surface area contributed by atoms with Crippen molar-refractivity contribution in [2.45, 2.75) is 39.0 Å². The zero-order valence-electron chi connectivity index (χ0n) is 22.7. The number of hydrogen-bond acceptors (Lipinski definition) is 4. The number of carbonyl (C=O) groups excluding carboxylic acids is 1. The summed E-state index contributed by atoms with van der Waals surface area (Å²) in [6.45, 7) is 10.3. The standard InChI is InChI=1S/C31H42N3O2P/c1-5-25-15-11-12-18-27(21-25)37(19-13-14-20-37)24-29-32-22-28(36-23-26-16-9-8-10-17-26)30(34(29)7-3)31(35)33(4)6-2/h5,8-12,15-18,21,27,37H,1,6-7,13-14,19-20,22-24H2,2-4H3. The Morgan fingerprint density at radius 2 is 1.97 bits per heavy atom. The molecule has 0 N–H and O–H groups in total. The summed E-state index contributed by atoms with van der Waals surface area (Å²) in [5.41, 5.74) is 3.38. The predicted molar refractivity (Wildman–Crippen MR) is 159 cm³/mol. The molecule has 2 heterocycles. The predicted octanol–water partition coefficient (Wildman–Crippen LogP) is 5.78. The first-order valence-corrected chi connectivity index (χ1v) is 16.4. The van der Waals surface area contributed by atoms with Crippen LogP contribution in [0.25, 0.3) is 0 Å². The summed E-state index contributed by atoms with van der Waals surface area (Å²) in [6, 6.07) is 10.1. The van der Waals surface area contributed by atoms with Crippen LogP contribution in [-0.4, -0.2) is 72.4 Å². The zero-order chi connectivity index (χ0) is 26.3. The van der Waals surface area contributed by atoms with Gasteiger partial charge in [-0.15, -0.1) is 0 Å². The second kappa shape index (κ2) is 12.6. The van der Waals surface area contributed by atoms with Crippen LogP contribution in [0, 0.1) is 0 Å². The SMILES string of the molecule is C=CC1=CC([PH]2(CC3=NCC(OCc4ccccc4)=C(C(=O)N(C)CC)N3CC)CCCC2)C=CC=C1. The average Bonchev–Trinajstić information content (AvgIpc) is 3.27. The number of benzene rings is 1. The van der Waals surface area contributed by atoms with Crippen molar-refractivity contribution in [1.29, 1.82) is 0 Å². The van der Waals surface area contributed by atoms with Gasteiger partial charge in [-0.3, -0.25) is 0 Å². The number of nitrogens with zero attached hydrogens (tertiary/aromatic N) is 3. The first-order chi connectivity index (χ1) is 18.0. The Morgan fingerprint density at radius 1 is 1.22 bits per heavy atom. The van der Waals surface area contributed by atoms with E-state index in [2.05, 4.69) is 48.8 Å². The van der Waals surface area contributed by atoms with Gasteiger partial charge < -0.3 is 0 Å². The van der Waals surface area contributed by atoms with Crippen molar-refractivity contribution in [3.8, 4) is 0 Å². The number of likely N-dealkylation sites (N-methyl/N-ethyl adjacent to an activating group) is 2. The molecular formula is C31H42N3O2P. The molecule has 37 heavy (non-hydrogen) atoms. The van der Waals surface area contributed by atoms with Crippen LogP contribution in [-0.2, 0) is 16.1 Å². The number of aliphatic imine (C=N–C) groups is 1. The second-order valence-corrected chi connectivity index (χ2v) is 15.0. The van der Waals surface area contributed by atoms with E-state index in [-0.39, 0.29) is 5.91 Å². The number of rotatable bonds is 10. The van der Waals surface area contributed by atoms with Crippen molar-refractivity contribution in [1.82, 2.24) is 9.80 Å². The molecule has 6 heteroatoms. The summed E-state index contributed by atoms with van der Waals surface area (Å²) in [5.74, 6) is 1.75. The number of allylic oxidation sites excluding steroid dienone is 7. The maximum atomic E-state index is 13.7. The van der Waals surface area contributed by atoms with Gasteiger partial charge in [0.15, 0.2) is 0 Å². The van der Waals surface area contributed by atoms with Crippen LogP contribution >= 0.6 is 7.26 Å². The summed E-state index contributed by atoms with van der Waals surface area (Å²) in [7, 11) is 0.0906. The fourth-order valence-corrected chi connectivity index (χ4v) is 11.1. The molecule has 1 aliphatic carbocycles. The topological polar surface area (TPSA) is 45.1 Å². The molecule has 0 saturated carbocycles. The van der Waals surface area contributed by atoms with Gasteiger partial charge in [-0.1, -0.05) is 0 Å². The van der Waals surface area contributed by atoms with E-state index in [0.29, 0.717) is 43.4 Å². The van der Waals surface area contributed by atoms with E-state index in [1.165, 1.54) is 30.7 Å². The monoisotopic (exact) mass is 519 g/mol. The van der Waals surface area contributed by atoms with Crippen LogP contribution in [0.1, 0.15) is 32.3 Å². The molecule has 1 aromatic rings. The van der Waals surface area contributed by atoms with E-state index in [0.717, 1.165) is 17.6 Å². The summed E-state index contributed by atoms with van der Waals surface area (Å²) >= 11 is 0. The van der Waals surface area contributed by atoms with E-state index in [1.54, 1.807) is 4.90 Å². The molecular weight excluding hydrogens is 477 g/mol. The molecule has 1 saturated heterocycles. The van der Waals surface area contributed by atoms with Gasteiger partial charge >= 0.3 is 223 Å². The second-order valence-electron chi connectivity index (χ2n) is 10.2. The molecule has 1 amide bonds. The van der Waals surface area contributed by atoms with Crippen LogP contribution in [0.2, 0.25) is 0 Å². The van der Waals surface area contributed by atoms with Crippen molar-refractivity contribution in [3.63, 3.8) is 0 Å². The van der Waals surface area contributed by atoms with Gasteiger partial charge in [-0.2, -0.15) is 0 Å². The van der Waals surface area contributed by atoms with Crippen LogP contribution in [0.15, 0.2) is 95.4 Å². The Labute approximate surface area is 223 Å². The fraction of sp³-hybridized carbons (Fsp3) is 0.419. The van der Waals surface area contributed by atoms with Crippen LogP contribution in [0.5, 0.6) is 0 Å². The van der Waals surface area contributed by atoms with Gasteiger partial charge in [0.1, 0.15) is 0 Å². The molecule has 2 aliphatic heterocycles. The van der Waals surface area contributed by atoms with E-state index >= 15 is 0 Å². The minimum absolute atomic E-state index is 0.00866. The van der Waals surface area contributed by atoms with Gasteiger partial charge in [-0.05, 0) is 0 Å². The van der Waals surface area contributed by atoms with Crippen LogP contribution in [0.3, 0.4) is 0 Å². The molecule has 198 valence electrons. The molecule has 0 bridgehead atoms. The molecule has 0 aromatic heterocycles. The molecule has 1 aromatic carbocycles. The van der Waals surface area contributed by atoms with Gasteiger partial charge in [0.05, 0.1) is 0 Å². The van der Waals surface area contributed by atoms with E-state index in [1.807, 2.05) is 50.4 Å². The number of hydrogen-bond donors (Lipinski definition) is 0. The summed E-state index contributed by atoms with van der Waals surface area (Å²) in [6.07, 6.45) is 19.4. The van der Waals surface area contributed by atoms with Gasteiger partial charge in [0.25, 0.3) is 0 Å². The first kappa shape index (κ1) is 27.1. The number of amidine groups is 1. The Balaban J connectivity index is 1.65. The Bertz CT molecular complexity index is 1130. The number of carbonyl (C=O) groups is 1. The van der Waals surface area contributed by atoms with Crippen molar-refractivity contribution in [2.75, 3.05) is 45.2 Å². The van der Waals surface area contributed by atoms with E-state index in [4.69, 9.17) is 9.73 Å². The third-order valence-electron chi connectivity index (χ3n) is 7.99. The first-order valence-electron chi connectivity index (χ1n) is 13.7. The maximum absolute atomic E-state index is 13.7. The average molecular weight is 520 g/mol. The molecule has 1 fully saturated rings. The number of ether oxygens (including phenoxy) is 1. The van der Waals surface area contributed by atoms with Gasteiger partial charge in [0.2, 0.25) is 0 Å². The summed E-state index contributed by atoms with van der Waals surface area (Å²) < 4.78 is 6.29. The third kappa shape index (κ3) is 6.15. The molecule has 0 radical (unpaired) electrons. The van der Waals surface area contributed by atoms with E-state index in [9.17, 15) is 4.79 Å². The van der Waals surface area contributed by atoms with Crippen molar-refractivity contribution < 1.29 is 9.53 Å². The molecule has 4 rings (SSSR count). The van der Waals surface area contributed by atoms with E-state index < -0.39 is 7.26 Å². The van der Waals surface area contributed by atoms with Crippen molar-refractivity contribution in [3.05, 3.63) is 96.0 Å². The van der Waals surface area contributed by atoms with Gasteiger partial charge in [-0.25, -0.2) is 0 Å². The Hall–Kier alpha value is -2.91. The normalized spacial score (nSPS) is 21.7. The molecule has 0 spiro atoms. The molecule has 3 aliphatic rings. The molecule has 1 atom stereocenters. The van der Waals surface area contributed by atoms with Crippen molar-refractivity contribution in [2.24, 2.45) is 4.99 Å². The van der Waals surface area contributed by atoms with Crippen LogP contribution in [0.4, 0.5) is 0 Å². The number of amides is 1.